The average molecular weight is 617 g/mol. The standard InChI is InChI=1S/C36H44N10/c37-34(38)43-16-3-8-24-6-1-10-26(20-24)28-12-14-30-31-15-13-29(27-11-2-7-25(21-27)9-4-17-44-35(39)40)23-33(31)46(32(30)22-28)19-5-18-45-36(41)42/h1-2,6-7,10-15,20-23H,3-5,8-9,16-19H2,(H4,37,38,43)(H4,39,40,44)(H4,41,42,45). The third-order valence-electron chi connectivity index (χ3n) is 8.18. The summed E-state index contributed by atoms with van der Waals surface area (Å²) in [5, 5.41) is 33.4. The number of aryl methyl sites for hydroxylation is 3. The smallest absolute Gasteiger partial charge is 0.185 e. The number of hydrogen-bond acceptors (Lipinski definition) is 3. The number of guanidine groups is 3. The number of fused-ring (bicyclic) bond motifs is 3. The second-order valence-corrected chi connectivity index (χ2v) is 11.6. The van der Waals surface area contributed by atoms with Crippen molar-refractivity contribution >= 4 is 39.7 Å². The number of benzene rings is 4. The molecule has 0 fully saturated rings. The molecule has 0 aliphatic carbocycles. The van der Waals surface area contributed by atoms with Crippen LogP contribution in [0.4, 0.5) is 0 Å². The lowest BCUT2D eigenvalue weighted by Crippen LogP contribution is -2.31. The summed E-state index contributed by atoms with van der Waals surface area (Å²) in [5.41, 5.74) is 25.9. The van der Waals surface area contributed by atoms with Gasteiger partial charge in [0.05, 0.1) is 0 Å². The maximum Gasteiger partial charge on any atom is 0.185 e. The maximum atomic E-state index is 7.56. The molecule has 1 aromatic heterocycles. The van der Waals surface area contributed by atoms with Crippen LogP contribution in [0.5, 0.6) is 0 Å². The molecule has 1 heterocycles. The molecule has 0 amide bonds. The highest BCUT2D eigenvalue weighted by atomic mass is 15.1. The normalized spacial score (nSPS) is 11.0. The third kappa shape index (κ3) is 8.15. The summed E-state index contributed by atoms with van der Waals surface area (Å²) in [4.78, 5) is 0. The highest BCUT2D eigenvalue weighted by Gasteiger charge is 2.14. The monoisotopic (exact) mass is 616 g/mol. The van der Waals surface area contributed by atoms with Gasteiger partial charge in [-0.2, -0.15) is 0 Å². The number of hydrogen-bond donors (Lipinski definition) is 9. The molecule has 0 saturated heterocycles. The van der Waals surface area contributed by atoms with Crippen molar-refractivity contribution in [2.75, 3.05) is 19.6 Å². The van der Waals surface area contributed by atoms with Crippen LogP contribution in [0.1, 0.15) is 30.4 Å². The molecule has 12 N–H and O–H groups in total. The van der Waals surface area contributed by atoms with Gasteiger partial charge in [-0.25, -0.2) is 0 Å². The largest absolute Gasteiger partial charge is 0.370 e. The molecular formula is C36H44N10. The number of nitrogens with two attached hydrogens (primary N) is 3. The van der Waals surface area contributed by atoms with Gasteiger partial charge in [-0.3, -0.25) is 16.2 Å². The van der Waals surface area contributed by atoms with E-state index in [4.69, 9.17) is 33.4 Å². The van der Waals surface area contributed by atoms with Crippen molar-refractivity contribution in [3.05, 3.63) is 96.1 Å². The molecule has 10 heteroatoms. The average Bonchev–Trinajstić information content (AvgIpc) is 3.35. The third-order valence-corrected chi connectivity index (χ3v) is 8.18. The van der Waals surface area contributed by atoms with Gasteiger partial charge in [0.15, 0.2) is 17.9 Å². The number of rotatable bonds is 14. The van der Waals surface area contributed by atoms with E-state index in [1.54, 1.807) is 0 Å². The highest BCUT2D eigenvalue weighted by molar-refractivity contribution is 6.10. The van der Waals surface area contributed by atoms with Crippen LogP contribution >= 0.6 is 0 Å². The molecule has 46 heavy (non-hydrogen) atoms. The van der Waals surface area contributed by atoms with Crippen LogP contribution in [-0.4, -0.2) is 42.1 Å². The van der Waals surface area contributed by atoms with E-state index in [0.717, 1.165) is 49.8 Å². The molecular weight excluding hydrogens is 572 g/mol. The Morgan fingerprint density at radius 3 is 1.37 bits per heavy atom. The quantitative estimate of drug-likeness (QED) is 0.0487. The first-order valence-electron chi connectivity index (χ1n) is 15.8. The summed E-state index contributed by atoms with van der Waals surface area (Å²) in [5.74, 6) is -0.00325. The van der Waals surface area contributed by atoms with Gasteiger partial charge < -0.3 is 37.7 Å². The van der Waals surface area contributed by atoms with Crippen LogP contribution in [0.3, 0.4) is 0 Å². The Balaban J connectivity index is 1.47. The summed E-state index contributed by atoms with van der Waals surface area (Å²) in [6.07, 6.45) is 4.42. The van der Waals surface area contributed by atoms with Crippen LogP contribution in [0, 0.1) is 16.2 Å². The van der Waals surface area contributed by atoms with E-state index in [9.17, 15) is 0 Å². The Hall–Kier alpha value is -5.51. The van der Waals surface area contributed by atoms with Crippen molar-refractivity contribution in [3.63, 3.8) is 0 Å². The van der Waals surface area contributed by atoms with Crippen molar-refractivity contribution in [2.45, 2.75) is 38.6 Å². The van der Waals surface area contributed by atoms with E-state index in [1.807, 2.05) is 0 Å². The lowest BCUT2D eigenvalue weighted by Gasteiger charge is -2.11. The molecule has 5 rings (SSSR count). The van der Waals surface area contributed by atoms with Gasteiger partial charge in [0, 0.05) is 48.0 Å². The molecule has 0 atom stereocenters. The van der Waals surface area contributed by atoms with Gasteiger partial charge in [0.1, 0.15) is 0 Å². The summed E-state index contributed by atoms with van der Waals surface area (Å²) >= 11 is 0. The van der Waals surface area contributed by atoms with Crippen molar-refractivity contribution in [1.82, 2.24) is 20.5 Å². The minimum absolute atomic E-state index is 0.00499. The summed E-state index contributed by atoms with van der Waals surface area (Å²) in [7, 11) is 0. The predicted octanol–water partition coefficient (Wildman–Crippen LogP) is 4.83. The number of aromatic nitrogens is 1. The summed E-state index contributed by atoms with van der Waals surface area (Å²) < 4.78 is 2.40. The van der Waals surface area contributed by atoms with Gasteiger partial charge in [-0.05, 0) is 77.6 Å². The van der Waals surface area contributed by atoms with Crippen molar-refractivity contribution < 1.29 is 0 Å². The minimum atomic E-state index is -0.0132. The Bertz CT molecular complexity index is 1730. The van der Waals surface area contributed by atoms with Crippen molar-refractivity contribution in [2.24, 2.45) is 17.2 Å². The van der Waals surface area contributed by atoms with E-state index >= 15 is 0 Å². The Morgan fingerprint density at radius 1 is 0.522 bits per heavy atom. The fraction of sp³-hybridized carbons (Fsp3) is 0.250. The van der Waals surface area contributed by atoms with Crippen LogP contribution in [0.25, 0.3) is 44.1 Å². The SMILES string of the molecule is N=C(N)NCCCc1cccc(-c2ccc3c4ccc(-c5cccc(CCCNC(=N)N)c5)cc4n(CCCNC(=N)N)c3c2)c1. The molecule has 10 nitrogen and oxygen atoms in total. The number of nitrogens with zero attached hydrogens (tertiary/aromatic N) is 1. The molecule has 0 aliphatic rings. The lowest BCUT2D eigenvalue weighted by molar-refractivity contribution is 0.659. The minimum Gasteiger partial charge on any atom is -0.370 e. The number of nitrogens with one attached hydrogen (secondary N) is 6. The molecule has 0 aliphatic heterocycles. The topological polar surface area (TPSA) is 191 Å². The van der Waals surface area contributed by atoms with Gasteiger partial charge in [-0.1, -0.05) is 72.8 Å². The molecule has 0 spiro atoms. The van der Waals surface area contributed by atoms with Crippen LogP contribution in [-0.2, 0) is 19.4 Å². The molecule has 5 aromatic rings. The second kappa shape index (κ2) is 15.0. The van der Waals surface area contributed by atoms with E-state index in [0.29, 0.717) is 19.6 Å². The Labute approximate surface area is 269 Å². The molecule has 0 unspecified atom stereocenters. The highest BCUT2D eigenvalue weighted by Crippen LogP contribution is 2.35. The van der Waals surface area contributed by atoms with E-state index in [1.165, 1.54) is 44.1 Å². The van der Waals surface area contributed by atoms with Crippen molar-refractivity contribution in [3.8, 4) is 22.3 Å². The first-order valence-corrected chi connectivity index (χ1v) is 15.8. The van der Waals surface area contributed by atoms with Gasteiger partial charge >= 0.3 is 0 Å². The molecule has 0 radical (unpaired) electrons. The Kier molecular flexibility index (Phi) is 10.4. The molecule has 0 saturated carbocycles. The fourth-order valence-corrected chi connectivity index (χ4v) is 6.00. The molecule has 4 aromatic carbocycles. The first kappa shape index (κ1) is 31.9. The van der Waals surface area contributed by atoms with E-state index in [2.05, 4.69) is 105 Å². The summed E-state index contributed by atoms with van der Waals surface area (Å²) in [6.45, 7) is 2.75. The van der Waals surface area contributed by atoms with Crippen molar-refractivity contribution in [1.29, 1.82) is 16.2 Å². The zero-order valence-corrected chi connectivity index (χ0v) is 26.1. The first-order chi connectivity index (χ1) is 22.3. The van der Waals surface area contributed by atoms with Crippen LogP contribution in [0.2, 0.25) is 0 Å². The van der Waals surface area contributed by atoms with Crippen LogP contribution in [0.15, 0.2) is 84.9 Å². The van der Waals surface area contributed by atoms with Gasteiger partial charge in [0.25, 0.3) is 0 Å². The van der Waals surface area contributed by atoms with E-state index < -0.39 is 0 Å². The predicted molar refractivity (Wildman–Crippen MR) is 191 cm³/mol. The maximum absolute atomic E-state index is 7.56. The van der Waals surface area contributed by atoms with Gasteiger partial charge in [0.2, 0.25) is 0 Å². The van der Waals surface area contributed by atoms with Crippen LogP contribution < -0.4 is 33.2 Å². The Morgan fingerprint density at radius 2 is 0.935 bits per heavy atom. The molecule has 0 bridgehead atoms. The molecule has 238 valence electrons. The zero-order chi connectivity index (χ0) is 32.5. The summed E-state index contributed by atoms with van der Waals surface area (Å²) in [6, 6.07) is 30.8. The lowest BCUT2D eigenvalue weighted by atomic mass is 9.98. The second-order valence-electron chi connectivity index (χ2n) is 11.6. The zero-order valence-electron chi connectivity index (χ0n) is 26.1. The van der Waals surface area contributed by atoms with E-state index in [-0.39, 0.29) is 17.9 Å². The van der Waals surface area contributed by atoms with Gasteiger partial charge in [-0.15, -0.1) is 0 Å². The fourth-order valence-electron chi connectivity index (χ4n) is 6.00.